The van der Waals surface area contributed by atoms with Crippen LogP contribution in [-0.2, 0) is 22.7 Å². The van der Waals surface area contributed by atoms with Gasteiger partial charge in [0.15, 0.2) is 18.3 Å². The lowest BCUT2D eigenvalue weighted by molar-refractivity contribution is -0.142. The minimum Gasteiger partial charge on any atom is -0.458 e. The smallest absolute Gasteiger partial charge is 0.303 e. The van der Waals surface area contributed by atoms with Gasteiger partial charge in [-0.05, 0) is 6.07 Å². The molecule has 25 heavy (non-hydrogen) atoms. The van der Waals surface area contributed by atoms with Crippen molar-refractivity contribution >= 4 is 11.7 Å². The molecular weight excluding hydrogens is 316 g/mol. The van der Waals surface area contributed by atoms with Crippen LogP contribution in [0.15, 0.2) is 59.6 Å². The van der Waals surface area contributed by atoms with Crippen LogP contribution in [0.2, 0.25) is 0 Å². The summed E-state index contributed by atoms with van der Waals surface area (Å²) in [5, 5.41) is 8.41. The summed E-state index contributed by atoms with van der Waals surface area (Å²) in [6.45, 7) is 1.87. The van der Waals surface area contributed by atoms with Gasteiger partial charge in [0.1, 0.15) is 6.54 Å². The number of hydrogen-bond donors (Lipinski definition) is 0. The highest BCUT2D eigenvalue weighted by Crippen LogP contribution is 2.25. The van der Waals surface area contributed by atoms with Crippen LogP contribution in [-0.4, -0.2) is 26.4 Å². The third kappa shape index (κ3) is 2.82. The normalized spacial score (nSPS) is 12.6. The monoisotopic (exact) mass is 332 g/mol. The first kappa shape index (κ1) is 15.3. The van der Waals surface area contributed by atoms with Gasteiger partial charge in [-0.1, -0.05) is 48.5 Å². The molecule has 1 aliphatic heterocycles. The van der Waals surface area contributed by atoms with Crippen LogP contribution in [0.5, 0.6) is 0 Å². The Morgan fingerprint density at radius 2 is 1.84 bits per heavy atom. The fraction of sp³-hybridized carbons (Fsp3) is 0.158. The summed E-state index contributed by atoms with van der Waals surface area (Å²) in [7, 11) is 0. The van der Waals surface area contributed by atoms with Gasteiger partial charge < -0.3 is 4.74 Å². The van der Waals surface area contributed by atoms with E-state index in [0.717, 1.165) is 28.4 Å². The Morgan fingerprint density at radius 1 is 1.08 bits per heavy atom. The van der Waals surface area contributed by atoms with E-state index < -0.39 is 0 Å². The standard InChI is InChI=1S/C19H16N4O2/c1-13(24)25-12-18-22-21-17-11-20-19(14-7-3-2-4-8-14)15-9-5-6-10-16(15)23(17)18/h2-10H,11-12H2,1H3. The van der Waals surface area contributed by atoms with E-state index >= 15 is 0 Å². The van der Waals surface area contributed by atoms with Crippen LogP contribution in [0, 0.1) is 0 Å². The maximum absolute atomic E-state index is 11.2. The van der Waals surface area contributed by atoms with Crippen molar-refractivity contribution in [3.8, 4) is 5.69 Å². The van der Waals surface area contributed by atoms with Gasteiger partial charge in [-0.3, -0.25) is 14.4 Å². The number of aromatic nitrogens is 3. The molecule has 124 valence electrons. The van der Waals surface area contributed by atoms with Crippen LogP contribution in [0.3, 0.4) is 0 Å². The van der Waals surface area contributed by atoms with Gasteiger partial charge in [0.2, 0.25) is 0 Å². The number of hydrogen-bond acceptors (Lipinski definition) is 5. The van der Waals surface area contributed by atoms with E-state index in [2.05, 4.69) is 10.2 Å². The topological polar surface area (TPSA) is 69.4 Å². The van der Waals surface area contributed by atoms with Crippen molar-refractivity contribution in [3.63, 3.8) is 0 Å². The molecule has 0 spiro atoms. The van der Waals surface area contributed by atoms with E-state index in [9.17, 15) is 4.79 Å². The van der Waals surface area contributed by atoms with Gasteiger partial charge in [0.05, 0.1) is 11.4 Å². The van der Waals surface area contributed by atoms with Gasteiger partial charge in [-0.25, -0.2) is 0 Å². The Hall–Kier alpha value is -3.28. The molecule has 0 amide bonds. The van der Waals surface area contributed by atoms with Crippen molar-refractivity contribution in [1.29, 1.82) is 0 Å². The molecule has 6 heteroatoms. The predicted octanol–water partition coefficient (Wildman–Crippen LogP) is 2.68. The van der Waals surface area contributed by atoms with Crippen molar-refractivity contribution in [2.75, 3.05) is 0 Å². The Kier molecular flexibility index (Phi) is 3.85. The van der Waals surface area contributed by atoms with Crippen LogP contribution < -0.4 is 0 Å². The lowest BCUT2D eigenvalue weighted by Crippen LogP contribution is -2.11. The number of ether oxygens (including phenoxy) is 1. The van der Waals surface area contributed by atoms with Gasteiger partial charge in [-0.2, -0.15) is 0 Å². The molecular formula is C19H16N4O2. The van der Waals surface area contributed by atoms with E-state index in [1.165, 1.54) is 6.92 Å². The zero-order chi connectivity index (χ0) is 17.2. The molecule has 4 rings (SSSR count). The van der Waals surface area contributed by atoms with E-state index in [-0.39, 0.29) is 12.6 Å². The molecule has 0 bridgehead atoms. The average molecular weight is 332 g/mol. The van der Waals surface area contributed by atoms with E-state index in [1.54, 1.807) is 0 Å². The molecule has 0 atom stereocenters. The summed E-state index contributed by atoms with van der Waals surface area (Å²) in [6.07, 6.45) is 0. The minimum absolute atomic E-state index is 0.0807. The van der Waals surface area contributed by atoms with Crippen LogP contribution in [0.1, 0.15) is 29.7 Å². The average Bonchev–Trinajstić information content (AvgIpc) is 2.96. The highest BCUT2D eigenvalue weighted by molar-refractivity contribution is 6.15. The van der Waals surface area contributed by atoms with Crippen molar-refractivity contribution in [2.45, 2.75) is 20.1 Å². The van der Waals surface area contributed by atoms with Crippen LogP contribution in [0.4, 0.5) is 0 Å². The maximum Gasteiger partial charge on any atom is 0.303 e. The first-order chi connectivity index (χ1) is 12.2. The van der Waals surface area contributed by atoms with Crippen LogP contribution in [0.25, 0.3) is 5.69 Å². The van der Waals surface area contributed by atoms with Gasteiger partial charge in [-0.15, -0.1) is 10.2 Å². The van der Waals surface area contributed by atoms with E-state index in [1.807, 2.05) is 59.2 Å². The number of nitrogens with zero attached hydrogens (tertiary/aromatic N) is 4. The number of rotatable bonds is 3. The minimum atomic E-state index is -0.347. The summed E-state index contributed by atoms with van der Waals surface area (Å²) in [5.41, 5.74) is 3.90. The molecule has 6 nitrogen and oxygen atoms in total. The summed E-state index contributed by atoms with van der Waals surface area (Å²) in [6, 6.07) is 18.1. The number of esters is 1. The SMILES string of the molecule is CC(=O)OCc1nnc2n1-c1ccccc1C(c1ccccc1)=NC2. The molecule has 0 unspecified atom stereocenters. The number of para-hydroxylation sites is 1. The second kappa shape index (κ2) is 6.32. The van der Waals surface area contributed by atoms with Crippen LogP contribution >= 0.6 is 0 Å². The molecule has 0 saturated carbocycles. The summed E-state index contributed by atoms with van der Waals surface area (Å²) in [4.78, 5) is 15.9. The highest BCUT2D eigenvalue weighted by atomic mass is 16.5. The molecule has 3 aromatic rings. The largest absolute Gasteiger partial charge is 0.458 e. The van der Waals surface area contributed by atoms with Gasteiger partial charge in [0, 0.05) is 18.1 Å². The summed E-state index contributed by atoms with van der Waals surface area (Å²) in [5.74, 6) is 0.961. The molecule has 1 aromatic heterocycles. The Morgan fingerprint density at radius 3 is 2.64 bits per heavy atom. The third-order valence-electron chi connectivity index (χ3n) is 4.03. The zero-order valence-electron chi connectivity index (χ0n) is 13.7. The maximum atomic E-state index is 11.2. The number of benzene rings is 2. The molecule has 2 aromatic carbocycles. The predicted molar refractivity (Wildman–Crippen MR) is 92.6 cm³/mol. The second-order valence-electron chi connectivity index (χ2n) is 5.70. The summed E-state index contributed by atoms with van der Waals surface area (Å²) < 4.78 is 7.05. The lowest BCUT2D eigenvalue weighted by atomic mass is 10.0. The third-order valence-corrected chi connectivity index (χ3v) is 4.03. The molecule has 0 saturated heterocycles. The highest BCUT2D eigenvalue weighted by Gasteiger charge is 2.22. The van der Waals surface area contributed by atoms with E-state index in [0.29, 0.717) is 12.4 Å². The molecule has 0 N–H and O–H groups in total. The van der Waals surface area contributed by atoms with Crippen molar-refractivity contribution in [1.82, 2.24) is 14.8 Å². The fourth-order valence-corrected chi connectivity index (χ4v) is 2.94. The lowest BCUT2D eigenvalue weighted by Gasteiger charge is -2.13. The Labute approximate surface area is 144 Å². The van der Waals surface area contributed by atoms with Crippen molar-refractivity contribution in [2.24, 2.45) is 4.99 Å². The number of fused-ring (bicyclic) bond motifs is 3. The summed E-state index contributed by atoms with van der Waals surface area (Å²) >= 11 is 0. The molecule has 0 radical (unpaired) electrons. The zero-order valence-corrected chi connectivity index (χ0v) is 13.7. The quantitative estimate of drug-likeness (QED) is 0.692. The number of aliphatic imine (C=N–C) groups is 1. The fourth-order valence-electron chi connectivity index (χ4n) is 2.94. The van der Waals surface area contributed by atoms with E-state index in [4.69, 9.17) is 9.73 Å². The molecule has 1 aliphatic rings. The Balaban J connectivity index is 1.85. The number of carbonyl (C=O) groups excluding carboxylic acids is 1. The first-order valence-corrected chi connectivity index (χ1v) is 8.00. The van der Waals surface area contributed by atoms with Gasteiger partial charge in [0.25, 0.3) is 0 Å². The Bertz CT molecular complexity index is 961. The van der Waals surface area contributed by atoms with Gasteiger partial charge >= 0.3 is 5.97 Å². The van der Waals surface area contributed by atoms with Crippen molar-refractivity contribution in [3.05, 3.63) is 77.4 Å². The molecule has 2 heterocycles. The first-order valence-electron chi connectivity index (χ1n) is 8.00. The molecule has 0 fully saturated rings. The number of carbonyl (C=O) groups is 1. The second-order valence-corrected chi connectivity index (χ2v) is 5.70. The van der Waals surface area contributed by atoms with Crippen molar-refractivity contribution < 1.29 is 9.53 Å². The molecule has 0 aliphatic carbocycles.